The Bertz CT molecular complexity index is 598. The fraction of sp³-hybridized carbons (Fsp3) is 0.500. The third-order valence-corrected chi connectivity index (χ3v) is 5.30. The van der Waals surface area contributed by atoms with Gasteiger partial charge < -0.3 is 4.74 Å². The highest BCUT2D eigenvalue weighted by Crippen LogP contribution is 2.19. The van der Waals surface area contributed by atoms with Crippen molar-refractivity contribution in [3.05, 3.63) is 35.4 Å². The van der Waals surface area contributed by atoms with Crippen LogP contribution in [0.1, 0.15) is 35.7 Å². The molecule has 21 heavy (non-hydrogen) atoms. The molecule has 1 fully saturated rings. The van der Waals surface area contributed by atoms with E-state index in [4.69, 9.17) is 0 Å². The second kappa shape index (κ2) is 6.55. The molecule has 116 valence electrons. The second-order valence-corrected chi connectivity index (χ2v) is 6.82. The minimum Gasteiger partial charge on any atom is -0.465 e. The van der Waals surface area contributed by atoms with E-state index in [1.165, 1.54) is 11.4 Å². The lowest BCUT2D eigenvalue weighted by Crippen LogP contribution is -2.42. The number of nitrogens with one attached hydrogen (secondary N) is 1. The monoisotopic (exact) mass is 312 g/mol. The molecular formula is C14H20N2O4S. The molecule has 1 atom stereocenters. The van der Waals surface area contributed by atoms with Crippen LogP contribution in [0.25, 0.3) is 0 Å². The largest absolute Gasteiger partial charge is 0.465 e. The van der Waals surface area contributed by atoms with E-state index < -0.39 is 16.2 Å². The van der Waals surface area contributed by atoms with Gasteiger partial charge in [-0.3, -0.25) is 0 Å². The van der Waals surface area contributed by atoms with Gasteiger partial charge in [0.25, 0.3) is 10.2 Å². The molecule has 1 saturated heterocycles. The molecule has 2 rings (SSSR count). The third kappa shape index (κ3) is 3.81. The molecule has 0 aliphatic carbocycles. The van der Waals surface area contributed by atoms with E-state index in [0.29, 0.717) is 12.1 Å². The van der Waals surface area contributed by atoms with E-state index >= 15 is 0 Å². The summed E-state index contributed by atoms with van der Waals surface area (Å²) in [6.07, 6.45) is 1.80. The number of hydrogen-bond acceptors (Lipinski definition) is 4. The molecule has 1 heterocycles. The standard InChI is InChI=1S/C14H20N2O4S/c1-11-4-3-9-16(11)21(18,19)15-10-12-5-7-13(8-6-12)14(17)20-2/h5-8,11,15H,3-4,9-10H2,1-2H3/t11-/m0/s1. The third-order valence-electron chi connectivity index (χ3n) is 3.63. The van der Waals surface area contributed by atoms with Crippen molar-refractivity contribution in [2.45, 2.75) is 32.4 Å². The molecule has 7 heteroatoms. The molecule has 0 aromatic heterocycles. The first-order valence-electron chi connectivity index (χ1n) is 6.88. The van der Waals surface area contributed by atoms with Crippen molar-refractivity contribution < 1.29 is 17.9 Å². The Morgan fingerprint density at radius 2 is 2.05 bits per heavy atom. The van der Waals surface area contributed by atoms with Crippen LogP contribution in [0.2, 0.25) is 0 Å². The maximum atomic E-state index is 12.2. The van der Waals surface area contributed by atoms with E-state index in [1.54, 1.807) is 24.3 Å². The molecule has 1 aliphatic rings. The lowest BCUT2D eigenvalue weighted by Gasteiger charge is -2.21. The van der Waals surface area contributed by atoms with Crippen molar-refractivity contribution in [3.63, 3.8) is 0 Å². The van der Waals surface area contributed by atoms with Crippen molar-refractivity contribution in [1.29, 1.82) is 0 Å². The predicted octanol–water partition coefficient (Wildman–Crippen LogP) is 1.29. The zero-order valence-corrected chi connectivity index (χ0v) is 13.0. The lowest BCUT2D eigenvalue weighted by molar-refractivity contribution is 0.0600. The van der Waals surface area contributed by atoms with Crippen LogP contribution in [0, 0.1) is 0 Å². The van der Waals surface area contributed by atoms with Crippen LogP contribution < -0.4 is 4.72 Å². The summed E-state index contributed by atoms with van der Waals surface area (Å²) < 4.78 is 33.1. The highest BCUT2D eigenvalue weighted by atomic mass is 32.2. The van der Waals surface area contributed by atoms with E-state index in [0.717, 1.165) is 18.4 Å². The molecular weight excluding hydrogens is 292 g/mol. The molecule has 1 aliphatic heterocycles. The molecule has 0 bridgehead atoms. The van der Waals surface area contributed by atoms with Crippen LogP contribution in [0.3, 0.4) is 0 Å². The maximum Gasteiger partial charge on any atom is 0.337 e. The van der Waals surface area contributed by atoms with Gasteiger partial charge in [-0.2, -0.15) is 17.4 Å². The molecule has 1 N–H and O–H groups in total. The summed E-state index contributed by atoms with van der Waals surface area (Å²) >= 11 is 0. The van der Waals surface area contributed by atoms with E-state index in [2.05, 4.69) is 9.46 Å². The minimum atomic E-state index is -3.45. The van der Waals surface area contributed by atoms with E-state index in [-0.39, 0.29) is 12.6 Å². The Kier molecular flexibility index (Phi) is 4.97. The molecule has 0 unspecified atom stereocenters. The quantitative estimate of drug-likeness (QED) is 0.831. The van der Waals surface area contributed by atoms with Crippen molar-refractivity contribution >= 4 is 16.2 Å². The number of benzene rings is 1. The van der Waals surface area contributed by atoms with E-state index in [9.17, 15) is 13.2 Å². The van der Waals surface area contributed by atoms with Crippen molar-refractivity contribution in [2.24, 2.45) is 0 Å². The molecule has 0 saturated carbocycles. The summed E-state index contributed by atoms with van der Waals surface area (Å²) in [7, 11) is -2.13. The SMILES string of the molecule is COC(=O)c1ccc(CNS(=O)(=O)N2CCC[C@@H]2C)cc1. The highest BCUT2D eigenvalue weighted by molar-refractivity contribution is 7.87. The summed E-state index contributed by atoms with van der Waals surface area (Å²) in [6, 6.07) is 6.70. The van der Waals surface area contributed by atoms with Gasteiger partial charge >= 0.3 is 5.97 Å². The van der Waals surface area contributed by atoms with Crippen LogP contribution in [0.4, 0.5) is 0 Å². The summed E-state index contributed by atoms with van der Waals surface area (Å²) in [4.78, 5) is 11.3. The van der Waals surface area contributed by atoms with Gasteiger partial charge in [-0.25, -0.2) is 4.79 Å². The number of hydrogen-bond donors (Lipinski definition) is 1. The fourth-order valence-electron chi connectivity index (χ4n) is 2.40. The summed E-state index contributed by atoms with van der Waals surface area (Å²) in [5.74, 6) is -0.409. The van der Waals surface area contributed by atoms with Crippen molar-refractivity contribution in [2.75, 3.05) is 13.7 Å². The Balaban J connectivity index is 1.98. The van der Waals surface area contributed by atoms with Crippen LogP contribution >= 0.6 is 0 Å². The highest BCUT2D eigenvalue weighted by Gasteiger charge is 2.30. The Morgan fingerprint density at radius 1 is 1.38 bits per heavy atom. The first kappa shape index (κ1) is 15.9. The first-order valence-corrected chi connectivity index (χ1v) is 8.32. The van der Waals surface area contributed by atoms with Crippen molar-refractivity contribution in [3.8, 4) is 0 Å². The summed E-state index contributed by atoms with van der Waals surface area (Å²) in [6.45, 7) is 2.68. The number of carbonyl (C=O) groups excluding carboxylic acids is 1. The Hall–Kier alpha value is -1.44. The zero-order valence-electron chi connectivity index (χ0n) is 12.2. The van der Waals surface area contributed by atoms with Gasteiger partial charge in [0.1, 0.15) is 0 Å². The number of esters is 1. The molecule has 1 aromatic rings. The second-order valence-electron chi connectivity index (χ2n) is 5.12. The number of nitrogens with zero attached hydrogens (tertiary/aromatic N) is 1. The molecule has 0 spiro atoms. The lowest BCUT2D eigenvalue weighted by atomic mass is 10.1. The zero-order chi connectivity index (χ0) is 15.5. The Morgan fingerprint density at radius 3 is 2.57 bits per heavy atom. The average molecular weight is 312 g/mol. The number of carbonyl (C=O) groups is 1. The first-order chi connectivity index (χ1) is 9.94. The van der Waals surface area contributed by atoms with Gasteiger partial charge in [0.05, 0.1) is 12.7 Å². The minimum absolute atomic E-state index is 0.0456. The van der Waals surface area contributed by atoms with Crippen LogP contribution in [-0.4, -0.2) is 38.4 Å². The van der Waals surface area contributed by atoms with Gasteiger partial charge in [-0.05, 0) is 37.5 Å². The number of rotatable bonds is 5. The molecule has 0 amide bonds. The average Bonchev–Trinajstić information content (AvgIpc) is 2.92. The van der Waals surface area contributed by atoms with Crippen molar-refractivity contribution in [1.82, 2.24) is 9.03 Å². The van der Waals surface area contributed by atoms with Gasteiger partial charge in [0, 0.05) is 19.1 Å². The summed E-state index contributed by atoms with van der Waals surface area (Å²) in [5, 5.41) is 0. The normalized spacial score (nSPS) is 19.6. The van der Waals surface area contributed by atoms with Crippen LogP contribution in [0.5, 0.6) is 0 Å². The Labute approximate surface area is 125 Å². The fourth-order valence-corrected chi connectivity index (χ4v) is 3.86. The summed E-state index contributed by atoms with van der Waals surface area (Å²) in [5.41, 5.74) is 1.23. The van der Waals surface area contributed by atoms with Gasteiger partial charge in [0.15, 0.2) is 0 Å². The molecule has 0 radical (unpaired) electrons. The van der Waals surface area contributed by atoms with Gasteiger partial charge in [-0.1, -0.05) is 12.1 Å². The molecule has 1 aromatic carbocycles. The predicted molar refractivity (Wildman–Crippen MR) is 78.9 cm³/mol. The van der Waals surface area contributed by atoms with Gasteiger partial charge in [0.2, 0.25) is 0 Å². The van der Waals surface area contributed by atoms with Crippen LogP contribution in [0.15, 0.2) is 24.3 Å². The maximum absolute atomic E-state index is 12.2. The van der Waals surface area contributed by atoms with E-state index in [1.807, 2.05) is 6.92 Å². The molecule has 6 nitrogen and oxygen atoms in total. The van der Waals surface area contributed by atoms with Crippen LogP contribution in [-0.2, 0) is 21.5 Å². The topological polar surface area (TPSA) is 75.7 Å². The van der Waals surface area contributed by atoms with Gasteiger partial charge in [-0.15, -0.1) is 0 Å². The number of methoxy groups -OCH3 is 1. The smallest absolute Gasteiger partial charge is 0.337 e. The number of ether oxygens (including phenoxy) is 1.